The van der Waals surface area contributed by atoms with E-state index in [-0.39, 0.29) is 42.5 Å². The summed E-state index contributed by atoms with van der Waals surface area (Å²) in [5.41, 5.74) is 3.44. The summed E-state index contributed by atoms with van der Waals surface area (Å²) >= 11 is 0. The zero-order chi connectivity index (χ0) is 21.4. The number of nitrogens with zero attached hydrogens (tertiary/aromatic N) is 2. The molecule has 2 N–H and O–H groups in total. The maximum Gasteiger partial charge on any atom is 0.233 e. The summed E-state index contributed by atoms with van der Waals surface area (Å²) < 4.78 is 0. The van der Waals surface area contributed by atoms with Crippen LogP contribution in [0.5, 0.6) is 0 Å². The Balaban J connectivity index is 1.19. The summed E-state index contributed by atoms with van der Waals surface area (Å²) in [6.07, 6.45) is 5.20. The number of carbonyl (C=O) groups is 3. The second kappa shape index (κ2) is 7.83. The molecule has 0 spiro atoms. The molecule has 3 amide bonds. The number of imide groups is 1. The SMILES string of the molecule is O=C(CCN1C(=O)C2CC=CCC2C1=O)Nc1ccc(-c2nc3ccccc3[nH]2)cc1. The van der Waals surface area contributed by atoms with Crippen molar-refractivity contribution in [1.82, 2.24) is 14.9 Å². The monoisotopic (exact) mass is 414 g/mol. The summed E-state index contributed by atoms with van der Waals surface area (Å²) in [6, 6.07) is 15.2. The van der Waals surface area contributed by atoms with Crippen molar-refractivity contribution in [3.8, 4) is 11.4 Å². The lowest BCUT2D eigenvalue weighted by atomic mass is 9.85. The third-order valence-electron chi connectivity index (χ3n) is 5.99. The molecule has 7 heteroatoms. The second-order valence-corrected chi connectivity index (χ2v) is 7.96. The molecule has 7 nitrogen and oxygen atoms in total. The van der Waals surface area contributed by atoms with E-state index in [1.807, 2.05) is 60.7 Å². The van der Waals surface area contributed by atoms with Crippen LogP contribution in [0.2, 0.25) is 0 Å². The van der Waals surface area contributed by atoms with Gasteiger partial charge in [-0.3, -0.25) is 19.3 Å². The van der Waals surface area contributed by atoms with Crippen molar-refractivity contribution in [2.45, 2.75) is 19.3 Å². The Morgan fingerprint density at radius 1 is 1.00 bits per heavy atom. The van der Waals surface area contributed by atoms with E-state index < -0.39 is 0 Å². The first-order chi connectivity index (χ1) is 15.1. The number of H-pyrrole nitrogens is 1. The quantitative estimate of drug-likeness (QED) is 0.493. The largest absolute Gasteiger partial charge is 0.338 e. The molecule has 0 radical (unpaired) electrons. The molecule has 1 aliphatic carbocycles. The zero-order valence-electron chi connectivity index (χ0n) is 16.9. The highest BCUT2D eigenvalue weighted by Crippen LogP contribution is 2.35. The Labute approximate surface area is 179 Å². The van der Waals surface area contributed by atoms with Crippen LogP contribution in [-0.2, 0) is 14.4 Å². The molecule has 1 aliphatic heterocycles. The Morgan fingerprint density at radius 3 is 2.35 bits per heavy atom. The van der Waals surface area contributed by atoms with E-state index in [1.54, 1.807) is 0 Å². The van der Waals surface area contributed by atoms with E-state index in [4.69, 9.17) is 0 Å². The van der Waals surface area contributed by atoms with Gasteiger partial charge < -0.3 is 10.3 Å². The van der Waals surface area contributed by atoms with Crippen molar-refractivity contribution in [3.05, 3.63) is 60.7 Å². The van der Waals surface area contributed by atoms with Gasteiger partial charge >= 0.3 is 0 Å². The number of amides is 3. The number of imidazole rings is 1. The molecule has 1 fully saturated rings. The highest BCUT2D eigenvalue weighted by molar-refractivity contribution is 6.05. The molecule has 2 aromatic carbocycles. The van der Waals surface area contributed by atoms with E-state index in [0.717, 1.165) is 22.4 Å². The average molecular weight is 414 g/mol. The summed E-state index contributed by atoms with van der Waals surface area (Å²) in [7, 11) is 0. The standard InChI is InChI=1S/C24H22N4O3/c29-21(13-14-28-23(30)17-5-1-2-6-18(17)24(28)31)25-16-11-9-15(10-12-16)22-26-19-7-3-4-8-20(19)27-22/h1-4,7-12,17-18H,5-6,13-14H2,(H,25,29)(H,26,27). The predicted molar refractivity (Wildman–Crippen MR) is 117 cm³/mol. The highest BCUT2D eigenvalue weighted by atomic mass is 16.2. The summed E-state index contributed by atoms with van der Waals surface area (Å²) in [6.45, 7) is 0.119. The lowest BCUT2D eigenvalue weighted by Gasteiger charge is -2.14. The van der Waals surface area contributed by atoms with Crippen LogP contribution in [0.15, 0.2) is 60.7 Å². The molecule has 1 saturated heterocycles. The van der Waals surface area contributed by atoms with Gasteiger partial charge in [-0.2, -0.15) is 0 Å². The van der Waals surface area contributed by atoms with Crippen LogP contribution in [0.3, 0.4) is 0 Å². The van der Waals surface area contributed by atoms with Crippen molar-refractivity contribution in [2.24, 2.45) is 11.8 Å². The minimum Gasteiger partial charge on any atom is -0.338 e. The smallest absolute Gasteiger partial charge is 0.233 e. The van der Waals surface area contributed by atoms with Crippen LogP contribution in [0.1, 0.15) is 19.3 Å². The maximum atomic E-state index is 12.5. The van der Waals surface area contributed by atoms with Crippen molar-refractivity contribution < 1.29 is 14.4 Å². The summed E-state index contributed by atoms with van der Waals surface area (Å²) in [5, 5.41) is 2.83. The fraction of sp³-hybridized carbons (Fsp3) is 0.250. The number of carbonyl (C=O) groups excluding carboxylic acids is 3. The fourth-order valence-electron chi connectivity index (χ4n) is 4.33. The Kier molecular flexibility index (Phi) is 4.86. The number of hydrogen-bond acceptors (Lipinski definition) is 4. The number of allylic oxidation sites excluding steroid dienone is 2. The molecule has 2 unspecified atom stereocenters. The number of likely N-dealkylation sites (tertiary alicyclic amines) is 1. The molecule has 0 saturated carbocycles. The minimum atomic E-state index is -0.258. The highest BCUT2D eigenvalue weighted by Gasteiger charge is 2.46. The van der Waals surface area contributed by atoms with Crippen molar-refractivity contribution in [1.29, 1.82) is 0 Å². The van der Waals surface area contributed by atoms with Gasteiger partial charge in [-0.25, -0.2) is 4.98 Å². The Bertz CT molecular complexity index is 1140. The van der Waals surface area contributed by atoms with Gasteiger partial charge in [-0.15, -0.1) is 0 Å². The van der Waals surface area contributed by atoms with E-state index in [1.165, 1.54) is 4.90 Å². The van der Waals surface area contributed by atoms with Gasteiger partial charge in [0, 0.05) is 24.2 Å². The normalized spacial score (nSPS) is 20.3. The number of para-hydroxylation sites is 2. The molecule has 31 heavy (non-hydrogen) atoms. The Morgan fingerprint density at radius 2 is 1.68 bits per heavy atom. The molecule has 2 aliphatic rings. The Hall–Kier alpha value is -3.74. The molecule has 2 heterocycles. The molecule has 1 aromatic heterocycles. The number of hydrogen-bond donors (Lipinski definition) is 2. The van der Waals surface area contributed by atoms with E-state index in [9.17, 15) is 14.4 Å². The van der Waals surface area contributed by atoms with Crippen molar-refractivity contribution >= 4 is 34.4 Å². The molecule has 3 aromatic rings. The lowest BCUT2D eigenvalue weighted by Crippen LogP contribution is -2.34. The topological polar surface area (TPSA) is 95.2 Å². The first kappa shape index (κ1) is 19.2. The molecule has 156 valence electrons. The lowest BCUT2D eigenvalue weighted by molar-refractivity contribution is -0.140. The number of nitrogens with one attached hydrogen (secondary N) is 2. The van der Waals surface area contributed by atoms with Crippen molar-refractivity contribution in [2.75, 3.05) is 11.9 Å². The number of benzene rings is 2. The molecular formula is C24H22N4O3. The van der Waals surface area contributed by atoms with Gasteiger partial charge in [0.05, 0.1) is 22.9 Å². The molecule has 0 bridgehead atoms. The van der Waals surface area contributed by atoms with Gasteiger partial charge in [0.2, 0.25) is 17.7 Å². The van der Waals surface area contributed by atoms with Gasteiger partial charge in [-0.1, -0.05) is 24.3 Å². The number of anilines is 1. The third kappa shape index (κ3) is 3.63. The molecular weight excluding hydrogens is 392 g/mol. The van der Waals surface area contributed by atoms with Gasteiger partial charge in [0.25, 0.3) is 0 Å². The number of rotatable bonds is 5. The van der Waals surface area contributed by atoms with E-state index >= 15 is 0 Å². The zero-order valence-corrected chi connectivity index (χ0v) is 16.9. The van der Waals surface area contributed by atoms with Gasteiger partial charge in [0.1, 0.15) is 5.82 Å². The number of aromatic nitrogens is 2. The third-order valence-corrected chi connectivity index (χ3v) is 5.99. The average Bonchev–Trinajstić information content (AvgIpc) is 3.33. The number of fused-ring (bicyclic) bond motifs is 2. The maximum absolute atomic E-state index is 12.5. The minimum absolute atomic E-state index is 0.0790. The van der Waals surface area contributed by atoms with E-state index in [0.29, 0.717) is 18.5 Å². The van der Waals surface area contributed by atoms with Crippen LogP contribution < -0.4 is 5.32 Å². The second-order valence-electron chi connectivity index (χ2n) is 7.96. The van der Waals surface area contributed by atoms with Crippen LogP contribution >= 0.6 is 0 Å². The molecule has 2 atom stereocenters. The van der Waals surface area contributed by atoms with Crippen LogP contribution in [0.4, 0.5) is 5.69 Å². The van der Waals surface area contributed by atoms with Crippen LogP contribution in [-0.4, -0.2) is 39.1 Å². The molecule has 5 rings (SSSR count). The number of aromatic amines is 1. The van der Waals surface area contributed by atoms with Crippen molar-refractivity contribution in [3.63, 3.8) is 0 Å². The fourth-order valence-corrected chi connectivity index (χ4v) is 4.33. The summed E-state index contributed by atoms with van der Waals surface area (Å²) in [5.74, 6) is -0.284. The van der Waals surface area contributed by atoms with Gasteiger partial charge in [-0.05, 0) is 49.2 Å². The van der Waals surface area contributed by atoms with E-state index in [2.05, 4.69) is 15.3 Å². The van der Waals surface area contributed by atoms with Gasteiger partial charge in [0.15, 0.2) is 0 Å². The summed E-state index contributed by atoms with van der Waals surface area (Å²) in [4.78, 5) is 46.5. The van der Waals surface area contributed by atoms with Crippen LogP contribution in [0, 0.1) is 11.8 Å². The first-order valence-corrected chi connectivity index (χ1v) is 10.5. The first-order valence-electron chi connectivity index (χ1n) is 10.5. The van der Waals surface area contributed by atoms with Crippen LogP contribution in [0.25, 0.3) is 22.4 Å². The predicted octanol–water partition coefficient (Wildman–Crippen LogP) is 3.51.